The van der Waals surface area contributed by atoms with E-state index in [-0.39, 0.29) is 17.4 Å². The van der Waals surface area contributed by atoms with Gasteiger partial charge in [0.2, 0.25) is 5.91 Å². The summed E-state index contributed by atoms with van der Waals surface area (Å²) in [4.78, 5) is 25.4. The summed E-state index contributed by atoms with van der Waals surface area (Å²) in [6.07, 6.45) is 6.63. The normalized spacial score (nSPS) is 17.7. The largest absolute Gasteiger partial charge is 0.478 e. The third kappa shape index (κ3) is 3.98. The highest BCUT2D eigenvalue weighted by molar-refractivity contribution is 5.99. The number of carboxylic acids is 1. The van der Waals surface area contributed by atoms with Crippen LogP contribution in [0.4, 0.5) is 5.69 Å². The third-order valence-corrected chi connectivity index (χ3v) is 7.92. The van der Waals surface area contributed by atoms with E-state index < -0.39 is 5.97 Å². The Morgan fingerprint density at radius 3 is 2.42 bits per heavy atom. The topological polar surface area (TPSA) is 71.3 Å². The number of aromatic nitrogens is 1. The molecule has 4 aromatic rings. The van der Waals surface area contributed by atoms with Crippen LogP contribution in [0.2, 0.25) is 0 Å². The van der Waals surface area contributed by atoms with Crippen LogP contribution in [-0.2, 0) is 17.8 Å². The van der Waals surface area contributed by atoms with E-state index in [1.165, 1.54) is 41.6 Å². The van der Waals surface area contributed by atoms with E-state index in [4.69, 9.17) is 0 Å². The summed E-state index contributed by atoms with van der Waals surface area (Å²) >= 11 is 0. The molecule has 1 aliphatic heterocycles. The number of anilines is 1. The third-order valence-electron chi connectivity index (χ3n) is 7.92. The zero-order valence-electron chi connectivity index (χ0n) is 20.2. The SMILES string of the molecule is O=C(O)c1ccc2c(C3CCCCC3)c3n(c2c1)CC(C(=O)Nc1ccccc1)Cc1ccccc1-3. The van der Waals surface area contributed by atoms with Gasteiger partial charge in [0.05, 0.1) is 17.2 Å². The molecular weight excluding hydrogens is 448 g/mol. The number of amides is 1. The minimum atomic E-state index is -0.931. The standard InChI is InChI=1S/C31H30N2O3/c34-30(32-24-12-5-2-6-13-24)23-17-21-11-7-8-14-25(21)29-28(20-9-3-1-4-10-20)26-16-15-22(31(35)36)18-27(26)33(29)19-23/h2,5-8,11-16,18,20,23H,1,3-4,9-10,17,19H2,(H,32,34)(H,35,36). The molecule has 0 bridgehead atoms. The molecule has 5 nitrogen and oxygen atoms in total. The molecule has 5 heteroatoms. The zero-order valence-corrected chi connectivity index (χ0v) is 20.2. The Hall–Kier alpha value is -3.86. The van der Waals surface area contributed by atoms with Crippen LogP contribution in [0.5, 0.6) is 0 Å². The summed E-state index contributed by atoms with van der Waals surface area (Å²) in [5.41, 5.74) is 6.82. The van der Waals surface area contributed by atoms with E-state index in [0.29, 0.717) is 18.9 Å². The molecule has 182 valence electrons. The van der Waals surface area contributed by atoms with Gasteiger partial charge in [-0.05, 0) is 60.6 Å². The van der Waals surface area contributed by atoms with Gasteiger partial charge in [-0.3, -0.25) is 4.79 Å². The first-order chi connectivity index (χ1) is 17.6. The predicted octanol–water partition coefficient (Wildman–Crippen LogP) is 6.87. The minimum absolute atomic E-state index is 0.0145. The van der Waals surface area contributed by atoms with Crippen molar-refractivity contribution in [2.24, 2.45) is 5.92 Å². The van der Waals surface area contributed by atoms with Crippen molar-refractivity contribution in [1.82, 2.24) is 4.57 Å². The van der Waals surface area contributed by atoms with Crippen LogP contribution in [0.15, 0.2) is 72.8 Å². The number of para-hydroxylation sites is 1. The van der Waals surface area contributed by atoms with Crippen molar-refractivity contribution in [2.45, 2.75) is 51.0 Å². The maximum absolute atomic E-state index is 13.5. The number of carbonyl (C=O) groups is 2. The van der Waals surface area contributed by atoms with E-state index in [2.05, 4.69) is 28.1 Å². The number of fused-ring (bicyclic) bond motifs is 5. The second-order valence-electron chi connectivity index (χ2n) is 10.2. The first-order valence-corrected chi connectivity index (χ1v) is 12.9. The first kappa shape index (κ1) is 22.6. The van der Waals surface area contributed by atoms with Crippen LogP contribution in [0.3, 0.4) is 0 Å². The summed E-state index contributed by atoms with van der Waals surface area (Å²) in [7, 11) is 0. The molecule has 1 aliphatic carbocycles. The first-order valence-electron chi connectivity index (χ1n) is 12.9. The maximum atomic E-state index is 13.5. The number of aromatic carboxylic acids is 1. The molecule has 0 saturated heterocycles. The van der Waals surface area contributed by atoms with Gasteiger partial charge in [0.1, 0.15) is 0 Å². The van der Waals surface area contributed by atoms with Crippen molar-refractivity contribution in [1.29, 1.82) is 0 Å². The Morgan fingerprint density at radius 2 is 1.64 bits per heavy atom. The molecule has 2 aliphatic rings. The van der Waals surface area contributed by atoms with Crippen molar-refractivity contribution in [2.75, 3.05) is 5.32 Å². The number of rotatable bonds is 4. The lowest BCUT2D eigenvalue weighted by molar-refractivity contribution is -0.120. The van der Waals surface area contributed by atoms with E-state index >= 15 is 0 Å². The molecule has 3 aromatic carbocycles. The molecule has 1 aromatic heterocycles. The predicted molar refractivity (Wildman–Crippen MR) is 142 cm³/mol. The summed E-state index contributed by atoms with van der Waals surface area (Å²) < 4.78 is 2.24. The molecule has 1 atom stereocenters. The van der Waals surface area contributed by atoms with Crippen LogP contribution in [0, 0.1) is 5.92 Å². The fraction of sp³-hybridized carbons (Fsp3) is 0.290. The molecule has 2 heterocycles. The van der Waals surface area contributed by atoms with Crippen molar-refractivity contribution in [3.63, 3.8) is 0 Å². The quantitative estimate of drug-likeness (QED) is 0.336. The Kier molecular flexibility index (Phi) is 5.84. The number of benzene rings is 3. The van der Waals surface area contributed by atoms with Gasteiger partial charge in [-0.25, -0.2) is 4.79 Å². The molecule has 0 spiro atoms. The highest BCUT2D eigenvalue weighted by atomic mass is 16.4. The number of hydrogen-bond donors (Lipinski definition) is 2. The highest BCUT2D eigenvalue weighted by Gasteiger charge is 2.33. The number of nitrogens with zero attached hydrogens (tertiary/aromatic N) is 1. The molecular formula is C31H30N2O3. The van der Waals surface area contributed by atoms with Crippen LogP contribution in [0.25, 0.3) is 22.2 Å². The Morgan fingerprint density at radius 1 is 0.889 bits per heavy atom. The van der Waals surface area contributed by atoms with E-state index in [0.717, 1.165) is 29.4 Å². The van der Waals surface area contributed by atoms with Crippen molar-refractivity contribution >= 4 is 28.5 Å². The monoisotopic (exact) mass is 478 g/mol. The van der Waals surface area contributed by atoms with Gasteiger partial charge in [-0.2, -0.15) is 0 Å². The summed E-state index contributed by atoms with van der Waals surface area (Å²) in [6.45, 7) is 0.509. The lowest BCUT2D eigenvalue weighted by atomic mass is 9.81. The molecule has 6 rings (SSSR count). The van der Waals surface area contributed by atoms with E-state index in [9.17, 15) is 14.7 Å². The van der Waals surface area contributed by atoms with Crippen LogP contribution >= 0.6 is 0 Å². The van der Waals surface area contributed by atoms with Crippen LogP contribution in [-0.4, -0.2) is 21.6 Å². The summed E-state index contributed by atoms with van der Waals surface area (Å²) in [5.74, 6) is -0.787. The van der Waals surface area contributed by atoms with Gasteiger partial charge in [0.25, 0.3) is 0 Å². The van der Waals surface area contributed by atoms with Crippen LogP contribution in [0.1, 0.15) is 59.5 Å². The summed E-state index contributed by atoms with van der Waals surface area (Å²) in [6, 6.07) is 23.5. The average molecular weight is 479 g/mol. The van der Waals surface area contributed by atoms with Crippen molar-refractivity contribution in [3.05, 3.63) is 89.5 Å². The molecule has 1 amide bonds. The molecule has 36 heavy (non-hydrogen) atoms. The second-order valence-corrected chi connectivity index (χ2v) is 10.2. The molecule has 1 unspecified atom stereocenters. The molecule has 2 N–H and O–H groups in total. The van der Waals surface area contributed by atoms with Crippen molar-refractivity contribution in [3.8, 4) is 11.3 Å². The van der Waals surface area contributed by atoms with Gasteiger partial charge in [-0.15, -0.1) is 0 Å². The van der Waals surface area contributed by atoms with Gasteiger partial charge in [-0.1, -0.05) is 67.8 Å². The van der Waals surface area contributed by atoms with E-state index in [1.807, 2.05) is 42.5 Å². The Balaban J connectivity index is 1.54. The fourth-order valence-electron chi connectivity index (χ4n) is 6.21. The molecule has 1 fully saturated rings. The molecule has 1 saturated carbocycles. The fourth-order valence-corrected chi connectivity index (χ4v) is 6.21. The van der Waals surface area contributed by atoms with Gasteiger partial charge < -0.3 is 15.0 Å². The maximum Gasteiger partial charge on any atom is 0.335 e. The number of hydrogen-bond acceptors (Lipinski definition) is 2. The Labute approximate surface area is 210 Å². The van der Waals surface area contributed by atoms with Gasteiger partial charge in [0, 0.05) is 28.7 Å². The summed E-state index contributed by atoms with van der Waals surface area (Å²) in [5, 5.41) is 14.0. The second kappa shape index (κ2) is 9.30. The minimum Gasteiger partial charge on any atom is -0.478 e. The average Bonchev–Trinajstić information content (AvgIpc) is 3.12. The van der Waals surface area contributed by atoms with Gasteiger partial charge >= 0.3 is 5.97 Å². The number of carboxylic acid groups (broad SMARTS) is 1. The zero-order chi connectivity index (χ0) is 24.6. The van der Waals surface area contributed by atoms with Crippen LogP contribution < -0.4 is 5.32 Å². The molecule has 0 radical (unpaired) electrons. The Bertz CT molecular complexity index is 1450. The number of nitrogens with one attached hydrogen (secondary N) is 1. The highest BCUT2D eigenvalue weighted by Crippen LogP contribution is 2.46. The van der Waals surface area contributed by atoms with Crippen molar-refractivity contribution < 1.29 is 14.7 Å². The lowest BCUT2D eigenvalue weighted by Gasteiger charge is -2.24. The smallest absolute Gasteiger partial charge is 0.335 e. The van der Waals surface area contributed by atoms with Gasteiger partial charge in [0.15, 0.2) is 0 Å². The number of carbonyl (C=O) groups excluding carboxylic acids is 1. The lowest BCUT2D eigenvalue weighted by Crippen LogP contribution is -2.27. The van der Waals surface area contributed by atoms with E-state index in [1.54, 1.807) is 12.1 Å².